The number of hydrogen-bond acceptors (Lipinski definition) is 5. The van der Waals surface area contributed by atoms with E-state index in [2.05, 4.69) is 85.3 Å². The van der Waals surface area contributed by atoms with E-state index < -0.39 is 0 Å². The van der Waals surface area contributed by atoms with Gasteiger partial charge in [-0.05, 0) is 78.0 Å². The van der Waals surface area contributed by atoms with Crippen molar-refractivity contribution >= 4 is 46.6 Å². The normalized spacial score (nSPS) is 17.0. The van der Waals surface area contributed by atoms with Crippen molar-refractivity contribution in [2.24, 2.45) is 4.99 Å². The van der Waals surface area contributed by atoms with Crippen LogP contribution in [-0.4, -0.2) is 17.1 Å². The van der Waals surface area contributed by atoms with Crippen molar-refractivity contribution in [3.63, 3.8) is 0 Å². The second-order valence-corrected chi connectivity index (χ2v) is 11.4. The van der Waals surface area contributed by atoms with Gasteiger partial charge in [-0.15, -0.1) is 23.5 Å². The molecule has 0 fully saturated rings. The van der Waals surface area contributed by atoms with Crippen molar-refractivity contribution in [2.75, 3.05) is 12.5 Å². The predicted octanol–water partition coefficient (Wildman–Crippen LogP) is 5.76. The molecule has 6 rings (SSSR count). The van der Waals surface area contributed by atoms with Gasteiger partial charge in [0.25, 0.3) is 5.56 Å². The first-order valence-corrected chi connectivity index (χ1v) is 14.8. The van der Waals surface area contributed by atoms with Crippen LogP contribution >= 0.6 is 34.9 Å². The molecule has 2 aliphatic rings. The van der Waals surface area contributed by atoms with Gasteiger partial charge < -0.3 is 0 Å². The van der Waals surface area contributed by atoms with Crippen molar-refractivity contribution in [3.8, 4) is 0 Å². The Balaban J connectivity index is 1.58. The Hall–Kier alpha value is -2.80. The van der Waals surface area contributed by atoms with E-state index in [9.17, 15) is 4.79 Å². The van der Waals surface area contributed by atoms with E-state index in [0.29, 0.717) is 0 Å². The molecule has 174 valence electrons. The van der Waals surface area contributed by atoms with Crippen molar-refractivity contribution in [1.82, 2.24) is 4.57 Å². The topological polar surface area (TPSA) is 34.4 Å². The Kier molecular flexibility index (Phi) is 6.04. The number of aromatic nitrogens is 1. The molecule has 1 aliphatic carbocycles. The number of aryl methyl sites for hydroxylation is 1. The summed E-state index contributed by atoms with van der Waals surface area (Å²) in [6, 6.07) is 25.4. The molecule has 4 aromatic rings. The summed E-state index contributed by atoms with van der Waals surface area (Å²) >= 11 is 4.93. The van der Waals surface area contributed by atoms with E-state index in [1.54, 1.807) is 23.5 Å². The highest BCUT2D eigenvalue weighted by molar-refractivity contribution is 7.98. The highest BCUT2D eigenvalue weighted by atomic mass is 32.2. The summed E-state index contributed by atoms with van der Waals surface area (Å²) < 4.78 is 2.65. The molecule has 1 atom stereocenters. The molecule has 0 radical (unpaired) electrons. The van der Waals surface area contributed by atoms with Gasteiger partial charge in [0.2, 0.25) is 0 Å². The van der Waals surface area contributed by atoms with Crippen molar-refractivity contribution in [1.29, 1.82) is 0 Å². The quantitative estimate of drug-likeness (QED) is 0.326. The first-order valence-electron chi connectivity index (χ1n) is 11.6. The molecule has 0 saturated heterocycles. The van der Waals surface area contributed by atoms with Crippen LogP contribution in [0.5, 0.6) is 0 Å². The third-order valence-corrected chi connectivity index (χ3v) is 9.19. The fraction of sp³-hybridized carbons (Fsp3) is 0.172. The van der Waals surface area contributed by atoms with E-state index in [1.807, 2.05) is 10.6 Å². The van der Waals surface area contributed by atoms with Gasteiger partial charge in [-0.2, -0.15) is 0 Å². The molecule has 2 heterocycles. The van der Waals surface area contributed by atoms with E-state index in [-0.39, 0.29) is 11.6 Å². The third kappa shape index (κ3) is 4.03. The second kappa shape index (κ2) is 9.34. The molecule has 1 aliphatic heterocycles. The Labute approximate surface area is 217 Å². The zero-order valence-corrected chi connectivity index (χ0v) is 22.0. The minimum absolute atomic E-state index is 0.0343. The van der Waals surface area contributed by atoms with Crippen molar-refractivity contribution < 1.29 is 0 Å². The van der Waals surface area contributed by atoms with Gasteiger partial charge in [-0.1, -0.05) is 59.9 Å². The number of rotatable bonds is 4. The van der Waals surface area contributed by atoms with Crippen LogP contribution in [0.4, 0.5) is 0 Å². The molecule has 1 unspecified atom stereocenters. The lowest BCUT2D eigenvalue weighted by atomic mass is 9.83. The van der Waals surface area contributed by atoms with Crippen LogP contribution in [0.1, 0.15) is 34.7 Å². The van der Waals surface area contributed by atoms with E-state index >= 15 is 0 Å². The van der Waals surface area contributed by atoms with Crippen LogP contribution in [0.25, 0.3) is 11.8 Å². The smallest absolute Gasteiger partial charge is 0.271 e. The highest BCUT2D eigenvalue weighted by Gasteiger charge is 2.32. The standard InChI is InChI=1S/C29H24N2OS3/c1-33-21-12-7-18(8-13-21)17-25-28(32)31-27(20-9-14-22(34-2)15-10-20)24-16-11-19-5-3-4-6-23(19)26(24)30-29(31)35-25/h3-10,12-15,17,27H,11,16H2,1-2H3. The fourth-order valence-corrected chi connectivity index (χ4v) is 6.78. The first-order chi connectivity index (χ1) is 17.2. The van der Waals surface area contributed by atoms with Gasteiger partial charge in [-0.25, -0.2) is 4.99 Å². The average molecular weight is 513 g/mol. The molecule has 0 spiro atoms. The lowest BCUT2D eigenvalue weighted by Crippen LogP contribution is -2.38. The second-order valence-electron chi connectivity index (χ2n) is 8.66. The van der Waals surface area contributed by atoms with E-state index in [0.717, 1.165) is 39.0 Å². The molecule has 0 N–H and O–H groups in total. The van der Waals surface area contributed by atoms with Crippen LogP contribution in [0.3, 0.4) is 0 Å². The average Bonchev–Trinajstić information content (AvgIpc) is 3.22. The number of fused-ring (bicyclic) bond motifs is 3. The van der Waals surface area contributed by atoms with Crippen molar-refractivity contribution in [2.45, 2.75) is 28.7 Å². The Morgan fingerprint density at radius 3 is 2.31 bits per heavy atom. The first kappa shape index (κ1) is 22.7. The third-order valence-electron chi connectivity index (χ3n) is 6.72. The molecule has 0 bridgehead atoms. The summed E-state index contributed by atoms with van der Waals surface area (Å²) in [5.41, 5.74) is 7.02. The van der Waals surface area contributed by atoms with Gasteiger partial charge in [0.15, 0.2) is 4.80 Å². The lowest BCUT2D eigenvalue weighted by Gasteiger charge is -2.30. The zero-order chi connectivity index (χ0) is 23.9. The number of allylic oxidation sites excluding steroid dienone is 1. The monoisotopic (exact) mass is 512 g/mol. The molecular weight excluding hydrogens is 489 g/mol. The molecule has 6 heteroatoms. The highest BCUT2D eigenvalue weighted by Crippen LogP contribution is 2.41. The maximum absolute atomic E-state index is 13.8. The summed E-state index contributed by atoms with van der Waals surface area (Å²) in [6.45, 7) is 0. The Morgan fingerprint density at radius 1 is 0.914 bits per heavy atom. The molecule has 35 heavy (non-hydrogen) atoms. The van der Waals surface area contributed by atoms with Crippen LogP contribution in [0, 0.1) is 0 Å². The number of thiazole rings is 1. The molecule has 3 aromatic carbocycles. The fourth-order valence-electron chi connectivity index (χ4n) is 4.96. The summed E-state index contributed by atoms with van der Waals surface area (Å²) in [5.74, 6) is 0. The molecule has 1 aromatic heterocycles. The van der Waals surface area contributed by atoms with Gasteiger partial charge >= 0.3 is 0 Å². The Morgan fingerprint density at radius 2 is 1.60 bits per heavy atom. The van der Waals surface area contributed by atoms with Gasteiger partial charge in [0.1, 0.15) is 0 Å². The van der Waals surface area contributed by atoms with Crippen LogP contribution in [-0.2, 0) is 6.42 Å². The van der Waals surface area contributed by atoms with E-state index in [1.165, 1.54) is 37.8 Å². The summed E-state index contributed by atoms with van der Waals surface area (Å²) in [7, 11) is 0. The molecular formula is C29H24N2OS3. The zero-order valence-electron chi connectivity index (χ0n) is 19.5. The SMILES string of the molecule is CSc1ccc(C=c2sc3n(c2=O)C(c2ccc(SC)cc2)C2=C(N=3)c3ccccc3CC2)cc1. The van der Waals surface area contributed by atoms with Crippen molar-refractivity contribution in [3.05, 3.63) is 120 Å². The number of hydrogen-bond donors (Lipinski definition) is 0. The number of nitrogens with zero attached hydrogens (tertiary/aromatic N) is 2. The van der Waals surface area contributed by atoms with E-state index in [4.69, 9.17) is 4.99 Å². The van der Waals surface area contributed by atoms with Crippen LogP contribution in [0.2, 0.25) is 0 Å². The number of benzene rings is 3. The van der Waals surface area contributed by atoms with Crippen LogP contribution in [0.15, 0.2) is 97.9 Å². The van der Waals surface area contributed by atoms with Gasteiger partial charge in [0.05, 0.1) is 16.3 Å². The predicted molar refractivity (Wildman–Crippen MR) is 149 cm³/mol. The summed E-state index contributed by atoms with van der Waals surface area (Å²) in [6.07, 6.45) is 8.03. The minimum atomic E-state index is -0.133. The summed E-state index contributed by atoms with van der Waals surface area (Å²) in [4.78, 5) is 22.1. The molecule has 0 saturated carbocycles. The number of thioether (sulfide) groups is 2. The maximum Gasteiger partial charge on any atom is 0.271 e. The molecule has 0 amide bonds. The largest absolute Gasteiger partial charge is 0.272 e. The van der Waals surface area contributed by atoms with Gasteiger partial charge in [-0.3, -0.25) is 9.36 Å². The summed E-state index contributed by atoms with van der Waals surface area (Å²) in [5, 5.41) is 0. The van der Waals surface area contributed by atoms with Gasteiger partial charge in [0, 0.05) is 15.4 Å². The minimum Gasteiger partial charge on any atom is -0.272 e. The molecule has 3 nitrogen and oxygen atoms in total. The Bertz CT molecular complexity index is 1630. The lowest BCUT2D eigenvalue weighted by molar-refractivity contribution is 0.585. The van der Waals surface area contributed by atoms with Crippen LogP contribution < -0.4 is 14.9 Å². The maximum atomic E-state index is 13.8.